The zero-order valence-corrected chi connectivity index (χ0v) is 8.64. The van der Waals surface area contributed by atoms with Crippen LogP contribution in [0.15, 0.2) is 12.3 Å². The smallest absolute Gasteiger partial charge is 0.306 e. The van der Waals surface area contributed by atoms with Gasteiger partial charge in [-0.2, -0.15) is 5.10 Å². The molecule has 1 aliphatic carbocycles. The van der Waals surface area contributed by atoms with Crippen molar-refractivity contribution in [3.8, 4) is 0 Å². The number of hydrogen-bond acceptors (Lipinski definition) is 3. The third-order valence-corrected chi connectivity index (χ3v) is 2.91. The molecule has 6 heteroatoms. The Hall–Kier alpha value is -1.85. The van der Waals surface area contributed by atoms with E-state index in [1.165, 1.54) is 0 Å². The molecule has 1 saturated carbocycles. The topological polar surface area (TPSA) is 95.1 Å². The molecule has 1 heterocycles. The Morgan fingerprint density at radius 2 is 2.19 bits per heavy atom. The lowest BCUT2D eigenvalue weighted by Gasteiger charge is -2.08. The van der Waals surface area contributed by atoms with Gasteiger partial charge in [0, 0.05) is 12.0 Å². The number of aromatic nitrogens is 2. The van der Waals surface area contributed by atoms with E-state index in [0.29, 0.717) is 25.1 Å². The summed E-state index contributed by atoms with van der Waals surface area (Å²) in [5.74, 6) is -0.976. The monoisotopic (exact) mass is 223 g/mol. The average Bonchev–Trinajstić information content (AvgIpc) is 2.86. The Bertz CT molecular complexity index is 388. The van der Waals surface area contributed by atoms with Crippen molar-refractivity contribution < 1.29 is 14.7 Å². The van der Waals surface area contributed by atoms with Crippen LogP contribution in [0.5, 0.6) is 0 Å². The number of carboxylic acids is 1. The zero-order valence-electron chi connectivity index (χ0n) is 8.64. The summed E-state index contributed by atoms with van der Waals surface area (Å²) in [5.41, 5.74) is 0. The van der Waals surface area contributed by atoms with Crippen LogP contribution in [0.4, 0.5) is 5.82 Å². The molecule has 1 aliphatic rings. The highest BCUT2D eigenvalue weighted by atomic mass is 16.4. The summed E-state index contributed by atoms with van der Waals surface area (Å²) < 4.78 is 0. The highest BCUT2D eigenvalue weighted by molar-refractivity contribution is 5.92. The standard InChI is InChI=1S/C10H13N3O3/c14-9(12-8-3-4-11-13-8)6-1-2-7(5-6)10(15)16/h3-4,6-7H,1-2,5H2,(H,15,16)(H2,11,12,13,14). The van der Waals surface area contributed by atoms with Crippen molar-refractivity contribution in [2.45, 2.75) is 19.3 Å². The van der Waals surface area contributed by atoms with E-state index >= 15 is 0 Å². The van der Waals surface area contributed by atoms with Crippen LogP contribution in [0, 0.1) is 11.8 Å². The summed E-state index contributed by atoms with van der Waals surface area (Å²) in [6.45, 7) is 0. The lowest BCUT2D eigenvalue weighted by molar-refractivity contribution is -0.141. The molecule has 1 aromatic heterocycles. The molecule has 2 atom stereocenters. The first-order chi connectivity index (χ1) is 7.66. The number of anilines is 1. The molecule has 86 valence electrons. The van der Waals surface area contributed by atoms with E-state index in [2.05, 4.69) is 15.5 Å². The summed E-state index contributed by atoms with van der Waals surface area (Å²) >= 11 is 0. The molecule has 0 bridgehead atoms. The average molecular weight is 223 g/mol. The van der Waals surface area contributed by atoms with E-state index in [0.717, 1.165) is 0 Å². The lowest BCUT2D eigenvalue weighted by Crippen LogP contribution is -2.21. The molecule has 16 heavy (non-hydrogen) atoms. The molecule has 0 spiro atoms. The molecule has 0 radical (unpaired) electrons. The Labute approximate surface area is 92.0 Å². The minimum absolute atomic E-state index is 0.131. The van der Waals surface area contributed by atoms with Crippen LogP contribution in [0.2, 0.25) is 0 Å². The molecule has 1 amide bonds. The summed E-state index contributed by atoms with van der Waals surface area (Å²) in [7, 11) is 0. The Morgan fingerprint density at radius 1 is 1.44 bits per heavy atom. The molecule has 0 saturated heterocycles. The third kappa shape index (κ3) is 2.21. The number of carbonyl (C=O) groups excluding carboxylic acids is 1. The van der Waals surface area contributed by atoms with E-state index in [1.54, 1.807) is 12.3 Å². The van der Waals surface area contributed by atoms with Crippen LogP contribution >= 0.6 is 0 Å². The largest absolute Gasteiger partial charge is 0.481 e. The molecule has 2 unspecified atom stereocenters. The Morgan fingerprint density at radius 3 is 2.75 bits per heavy atom. The molecule has 3 N–H and O–H groups in total. The van der Waals surface area contributed by atoms with Crippen molar-refractivity contribution in [2.24, 2.45) is 11.8 Å². The SMILES string of the molecule is O=C(O)C1CCC(C(=O)Nc2ccn[nH]2)C1. The maximum Gasteiger partial charge on any atom is 0.306 e. The third-order valence-electron chi connectivity index (χ3n) is 2.91. The molecule has 0 aliphatic heterocycles. The second-order valence-corrected chi connectivity index (χ2v) is 4.00. The van der Waals surface area contributed by atoms with Gasteiger partial charge in [-0.25, -0.2) is 0 Å². The lowest BCUT2D eigenvalue weighted by atomic mass is 10.0. The van der Waals surface area contributed by atoms with Crippen molar-refractivity contribution >= 4 is 17.7 Å². The van der Waals surface area contributed by atoms with Crippen LogP contribution in [0.1, 0.15) is 19.3 Å². The number of carbonyl (C=O) groups is 2. The first-order valence-corrected chi connectivity index (χ1v) is 5.20. The van der Waals surface area contributed by atoms with Gasteiger partial charge in [-0.05, 0) is 19.3 Å². The van der Waals surface area contributed by atoms with E-state index in [4.69, 9.17) is 5.11 Å². The van der Waals surface area contributed by atoms with Crippen LogP contribution < -0.4 is 5.32 Å². The van der Waals surface area contributed by atoms with Crippen molar-refractivity contribution in [1.82, 2.24) is 10.2 Å². The minimum atomic E-state index is -0.808. The molecule has 2 rings (SSSR count). The number of amides is 1. The number of H-pyrrole nitrogens is 1. The molecule has 1 fully saturated rings. The number of aromatic amines is 1. The summed E-state index contributed by atoms with van der Waals surface area (Å²) in [6.07, 6.45) is 3.19. The van der Waals surface area contributed by atoms with Gasteiger partial charge in [0.15, 0.2) is 0 Å². The quantitative estimate of drug-likeness (QED) is 0.707. The summed E-state index contributed by atoms with van der Waals surface area (Å²) in [5, 5.41) is 17.8. The fourth-order valence-electron chi connectivity index (χ4n) is 2.00. The molecule has 6 nitrogen and oxygen atoms in total. The van der Waals surface area contributed by atoms with Crippen molar-refractivity contribution in [3.05, 3.63) is 12.3 Å². The molecule has 0 aromatic carbocycles. The minimum Gasteiger partial charge on any atom is -0.481 e. The van der Waals surface area contributed by atoms with Crippen molar-refractivity contribution in [3.63, 3.8) is 0 Å². The predicted molar refractivity (Wildman–Crippen MR) is 55.7 cm³/mol. The number of nitrogens with zero attached hydrogens (tertiary/aromatic N) is 1. The Kier molecular flexibility index (Phi) is 2.89. The number of rotatable bonds is 3. The van der Waals surface area contributed by atoms with Gasteiger partial charge < -0.3 is 10.4 Å². The van der Waals surface area contributed by atoms with E-state index in [9.17, 15) is 9.59 Å². The highest BCUT2D eigenvalue weighted by Crippen LogP contribution is 2.31. The van der Waals surface area contributed by atoms with E-state index in [1.807, 2.05) is 0 Å². The van der Waals surface area contributed by atoms with Gasteiger partial charge >= 0.3 is 5.97 Å². The van der Waals surface area contributed by atoms with Crippen molar-refractivity contribution in [2.75, 3.05) is 5.32 Å². The number of hydrogen-bond donors (Lipinski definition) is 3. The van der Waals surface area contributed by atoms with Crippen LogP contribution in [-0.4, -0.2) is 27.2 Å². The number of carboxylic acid groups (broad SMARTS) is 1. The number of nitrogens with one attached hydrogen (secondary N) is 2. The molecular formula is C10H13N3O3. The normalized spacial score (nSPS) is 24.2. The fraction of sp³-hybridized carbons (Fsp3) is 0.500. The zero-order chi connectivity index (χ0) is 11.5. The Balaban J connectivity index is 1.90. The van der Waals surface area contributed by atoms with E-state index < -0.39 is 5.97 Å². The van der Waals surface area contributed by atoms with Gasteiger partial charge in [0.1, 0.15) is 5.82 Å². The maximum absolute atomic E-state index is 11.7. The highest BCUT2D eigenvalue weighted by Gasteiger charge is 2.33. The van der Waals surface area contributed by atoms with Gasteiger partial charge in [-0.1, -0.05) is 0 Å². The first-order valence-electron chi connectivity index (χ1n) is 5.20. The fourth-order valence-corrected chi connectivity index (χ4v) is 2.00. The maximum atomic E-state index is 11.7. The van der Waals surface area contributed by atoms with Gasteiger partial charge in [0.25, 0.3) is 0 Å². The first kappa shape index (κ1) is 10.7. The summed E-state index contributed by atoms with van der Waals surface area (Å²) in [4.78, 5) is 22.5. The van der Waals surface area contributed by atoms with Crippen molar-refractivity contribution in [1.29, 1.82) is 0 Å². The number of aliphatic carboxylic acids is 1. The van der Waals surface area contributed by atoms with Gasteiger partial charge in [-0.15, -0.1) is 0 Å². The predicted octanol–water partition coefficient (Wildman–Crippen LogP) is 0.849. The van der Waals surface area contributed by atoms with E-state index in [-0.39, 0.29) is 17.7 Å². The van der Waals surface area contributed by atoms with Gasteiger partial charge in [-0.3, -0.25) is 14.7 Å². The second-order valence-electron chi connectivity index (χ2n) is 4.00. The molecular weight excluding hydrogens is 210 g/mol. The van der Waals surface area contributed by atoms with Crippen LogP contribution in [0.3, 0.4) is 0 Å². The molecule has 1 aromatic rings. The van der Waals surface area contributed by atoms with Gasteiger partial charge in [0.2, 0.25) is 5.91 Å². The van der Waals surface area contributed by atoms with Crippen LogP contribution in [-0.2, 0) is 9.59 Å². The van der Waals surface area contributed by atoms with Gasteiger partial charge in [0.05, 0.1) is 12.1 Å². The second kappa shape index (κ2) is 4.34. The summed E-state index contributed by atoms with van der Waals surface area (Å²) in [6, 6.07) is 1.65. The van der Waals surface area contributed by atoms with Crippen LogP contribution in [0.25, 0.3) is 0 Å².